The maximum Gasteiger partial charge on any atom is 0.257 e. The molecule has 2 N–H and O–H groups in total. The van der Waals surface area contributed by atoms with E-state index in [4.69, 9.17) is 16.3 Å². The molecule has 0 aromatic heterocycles. The number of nitrogens with one attached hydrogen (secondary N) is 2. The van der Waals surface area contributed by atoms with Gasteiger partial charge in [-0.3, -0.25) is 4.79 Å². The van der Waals surface area contributed by atoms with Crippen molar-refractivity contribution in [1.29, 1.82) is 0 Å². The van der Waals surface area contributed by atoms with Crippen molar-refractivity contribution in [2.24, 2.45) is 0 Å². The second-order valence-electron chi connectivity index (χ2n) is 5.44. The van der Waals surface area contributed by atoms with Gasteiger partial charge in [0.1, 0.15) is 5.75 Å². The number of sulfonamides is 1. The van der Waals surface area contributed by atoms with Gasteiger partial charge in [-0.2, -0.15) is 0 Å². The second-order valence-corrected chi connectivity index (χ2v) is 7.56. The summed E-state index contributed by atoms with van der Waals surface area (Å²) in [6, 6.07) is 4.22. The Hall–Kier alpha value is -1.31. The fourth-order valence-electron chi connectivity index (χ4n) is 2.49. The molecule has 1 fully saturated rings. The molecule has 8 heteroatoms. The van der Waals surface area contributed by atoms with Gasteiger partial charge in [-0.1, -0.05) is 24.4 Å². The number of likely N-dealkylation sites (N-methyl/N-ethyl adjacent to an activating group) is 1. The lowest BCUT2D eigenvalue weighted by Gasteiger charge is -2.14. The van der Waals surface area contributed by atoms with Crippen LogP contribution in [-0.4, -0.2) is 33.5 Å². The second kappa shape index (κ2) is 7.99. The predicted molar refractivity (Wildman–Crippen MR) is 88.2 cm³/mol. The molecule has 1 aliphatic rings. The van der Waals surface area contributed by atoms with Crippen LogP contribution < -0.4 is 14.8 Å². The zero-order chi connectivity index (χ0) is 16.9. The summed E-state index contributed by atoms with van der Waals surface area (Å²) in [6.45, 7) is 2.15. The third kappa shape index (κ3) is 5.09. The smallest absolute Gasteiger partial charge is 0.257 e. The highest BCUT2D eigenvalue weighted by Crippen LogP contribution is 2.28. The molecule has 0 heterocycles. The molecule has 2 rings (SSSR count). The van der Waals surface area contributed by atoms with Crippen molar-refractivity contribution >= 4 is 27.5 Å². The van der Waals surface area contributed by atoms with E-state index in [1.807, 2.05) is 6.92 Å². The van der Waals surface area contributed by atoms with Crippen LogP contribution in [0, 0.1) is 0 Å². The molecule has 0 radical (unpaired) electrons. The Bertz CT molecular complexity index is 657. The Morgan fingerprint density at radius 1 is 1.35 bits per heavy atom. The van der Waals surface area contributed by atoms with Crippen molar-refractivity contribution in [3.8, 4) is 5.75 Å². The minimum absolute atomic E-state index is 0.00700. The normalized spacial score (nSPS) is 15.6. The Morgan fingerprint density at radius 3 is 2.65 bits per heavy atom. The Labute approximate surface area is 141 Å². The number of benzene rings is 1. The molecule has 0 aliphatic heterocycles. The van der Waals surface area contributed by atoms with Crippen LogP contribution in [0.15, 0.2) is 23.1 Å². The van der Waals surface area contributed by atoms with Gasteiger partial charge in [-0.05, 0) is 38.0 Å². The van der Waals surface area contributed by atoms with E-state index in [0.717, 1.165) is 25.7 Å². The number of carbonyl (C=O) groups is 1. The van der Waals surface area contributed by atoms with Crippen molar-refractivity contribution in [2.45, 2.75) is 43.5 Å². The fourth-order valence-corrected chi connectivity index (χ4v) is 4.12. The van der Waals surface area contributed by atoms with Crippen LogP contribution in [0.1, 0.15) is 32.6 Å². The van der Waals surface area contributed by atoms with E-state index in [9.17, 15) is 13.2 Å². The van der Waals surface area contributed by atoms with E-state index in [1.165, 1.54) is 18.2 Å². The van der Waals surface area contributed by atoms with Crippen molar-refractivity contribution in [3.05, 3.63) is 23.2 Å². The molecule has 6 nitrogen and oxygen atoms in total. The third-order valence-corrected chi connectivity index (χ3v) is 5.44. The number of rotatable bonds is 7. The first kappa shape index (κ1) is 18.0. The minimum Gasteiger partial charge on any atom is -0.482 e. The Morgan fingerprint density at radius 2 is 2.04 bits per heavy atom. The van der Waals surface area contributed by atoms with Crippen molar-refractivity contribution in [1.82, 2.24) is 10.0 Å². The molecule has 23 heavy (non-hydrogen) atoms. The van der Waals surface area contributed by atoms with Crippen LogP contribution in [0.4, 0.5) is 0 Å². The predicted octanol–water partition coefficient (Wildman–Crippen LogP) is 2.08. The van der Waals surface area contributed by atoms with Gasteiger partial charge in [0.15, 0.2) is 6.61 Å². The summed E-state index contributed by atoms with van der Waals surface area (Å²) in [5.74, 6) is 0.0147. The molecule has 0 saturated heterocycles. The SMILES string of the molecule is CCNC(=O)COc1ccc(S(=O)(=O)NC2CCCC2)cc1Cl. The lowest BCUT2D eigenvalue weighted by molar-refractivity contribution is -0.122. The first-order valence-electron chi connectivity index (χ1n) is 7.63. The first-order valence-corrected chi connectivity index (χ1v) is 9.50. The van der Waals surface area contributed by atoms with Gasteiger partial charge >= 0.3 is 0 Å². The molecule has 0 spiro atoms. The summed E-state index contributed by atoms with van der Waals surface area (Å²) in [7, 11) is -3.59. The number of amides is 1. The lowest BCUT2D eigenvalue weighted by atomic mass is 10.3. The molecule has 1 aromatic carbocycles. The van der Waals surface area contributed by atoms with Gasteiger partial charge in [0, 0.05) is 12.6 Å². The van der Waals surface area contributed by atoms with Gasteiger partial charge in [0.05, 0.1) is 9.92 Å². The quantitative estimate of drug-likeness (QED) is 0.779. The lowest BCUT2D eigenvalue weighted by Crippen LogP contribution is -2.32. The number of ether oxygens (including phenoxy) is 1. The summed E-state index contributed by atoms with van der Waals surface area (Å²) in [5, 5.41) is 2.75. The van der Waals surface area contributed by atoms with Crippen LogP contribution in [0.5, 0.6) is 5.75 Å². The van der Waals surface area contributed by atoms with Crippen molar-refractivity contribution in [3.63, 3.8) is 0 Å². The van der Waals surface area contributed by atoms with Gasteiger partial charge in [0.25, 0.3) is 5.91 Å². The molecule has 128 valence electrons. The average Bonchev–Trinajstić information content (AvgIpc) is 2.98. The zero-order valence-corrected chi connectivity index (χ0v) is 14.5. The summed E-state index contributed by atoms with van der Waals surface area (Å²) in [4.78, 5) is 11.5. The van der Waals surface area contributed by atoms with E-state index < -0.39 is 10.0 Å². The third-order valence-electron chi connectivity index (χ3n) is 3.62. The largest absolute Gasteiger partial charge is 0.482 e. The molecule has 0 unspecified atom stereocenters. The molecule has 1 aliphatic carbocycles. The summed E-state index contributed by atoms with van der Waals surface area (Å²) >= 11 is 6.06. The van der Waals surface area contributed by atoms with Crippen molar-refractivity contribution < 1.29 is 17.9 Å². The van der Waals surface area contributed by atoms with E-state index in [-0.39, 0.29) is 34.2 Å². The highest BCUT2D eigenvalue weighted by molar-refractivity contribution is 7.89. The van der Waals surface area contributed by atoms with E-state index in [0.29, 0.717) is 6.54 Å². The molecule has 1 aromatic rings. The highest BCUT2D eigenvalue weighted by atomic mass is 35.5. The molecule has 0 atom stereocenters. The summed E-state index contributed by atoms with van der Waals surface area (Å²) in [6.07, 6.45) is 3.81. The van der Waals surface area contributed by atoms with Crippen LogP contribution in [0.25, 0.3) is 0 Å². The van der Waals surface area contributed by atoms with Crippen LogP contribution in [0.3, 0.4) is 0 Å². The fraction of sp³-hybridized carbons (Fsp3) is 0.533. The molecular formula is C15H21ClN2O4S. The van der Waals surface area contributed by atoms with Crippen LogP contribution >= 0.6 is 11.6 Å². The molecule has 1 amide bonds. The first-order chi connectivity index (χ1) is 10.9. The summed E-state index contributed by atoms with van der Waals surface area (Å²) in [5.41, 5.74) is 0. The highest BCUT2D eigenvalue weighted by Gasteiger charge is 2.23. The van der Waals surface area contributed by atoms with Crippen molar-refractivity contribution in [2.75, 3.05) is 13.2 Å². The van der Waals surface area contributed by atoms with E-state index >= 15 is 0 Å². The van der Waals surface area contributed by atoms with Gasteiger partial charge in [0.2, 0.25) is 10.0 Å². The maximum atomic E-state index is 12.3. The number of hydrogen-bond donors (Lipinski definition) is 2. The Kier molecular flexibility index (Phi) is 6.26. The summed E-state index contributed by atoms with van der Waals surface area (Å²) < 4.78 is 32.6. The Balaban J connectivity index is 2.04. The number of carbonyl (C=O) groups excluding carboxylic acids is 1. The van der Waals surface area contributed by atoms with Gasteiger partial charge < -0.3 is 10.1 Å². The van der Waals surface area contributed by atoms with Crippen LogP contribution in [0.2, 0.25) is 5.02 Å². The standard InChI is InChI=1S/C15H21ClN2O4S/c1-2-17-15(19)10-22-14-8-7-12(9-13(14)16)23(20,21)18-11-5-3-4-6-11/h7-9,11,18H,2-6,10H2,1H3,(H,17,19). The molecule has 1 saturated carbocycles. The topological polar surface area (TPSA) is 84.5 Å². The molecular weight excluding hydrogens is 340 g/mol. The zero-order valence-electron chi connectivity index (χ0n) is 13.0. The van der Waals surface area contributed by atoms with E-state index in [2.05, 4.69) is 10.0 Å². The maximum absolute atomic E-state index is 12.3. The van der Waals surface area contributed by atoms with Gasteiger partial charge in [-0.15, -0.1) is 0 Å². The number of hydrogen-bond acceptors (Lipinski definition) is 4. The van der Waals surface area contributed by atoms with E-state index in [1.54, 1.807) is 0 Å². The number of halogens is 1. The minimum atomic E-state index is -3.59. The van der Waals surface area contributed by atoms with Crippen LogP contribution in [-0.2, 0) is 14.8 Å². The monoisotopic (exact) mass is 360 g/mol. The average molecular weight is 361 g/mol. The molecule has 0 bridgehead atoms. The van der Waals surface area contributed by atoms with Gasteiger partial charge in [-0.25, -0.2) is 13.1 Å².